The van der Waals surface area contributed by atoms with Gasteiger partial charge < -0.3 is 19.7 Å². The van der Waals surface area contributed by atoms with Crippen molar-refractivity contribution in [2.45, 2.75) is 12.5 Å². The van der Waals surface area contributed by atoms with Gasteiger partial charge in [-0.05, 0) is 41.3 Å². The monoisotopic (exact) mass is 422 g/mol. The van der Waals surface area contributed by atoms with Crippen LogP contribution < -0.4 is 14.8 Å². The molecule has 0 radical (unpaired) electrons. The summed E-state index contributed by atoms with van der Waals surface area (Å²) in [5.74, 6) is 1.19. The number of amides is 2. The molecule has 6 heteroatoms. The van der Waals surface area contributed by atoms with Crippen molar-refractivity contribution in [3.05, 3.63) is 88.4 Å². The van der Waals surface area contributed by atoms with Gasteiger partial charge >= 0.3 is 6.03 Å². The average molecular weight is 423 g/mol. The fourth-order valence-electron chi connectivity index (χ4n) is 3.91. The van der Waals surface area contributed by atoms with E-state index in [1.165, 1.54) is 5.56 Å². The smallest absolute Gasteiger partial charge is 0.322 e. The number of hydrogen-bond donors (Lipinski definition) is 1. The van der Waals surface area contributed by atoms with Crippen molar-refractivity contribution in [3.63, 3.8) is 0 Å². The zero-order valence-corrected chi connectivity index (χ0v) is 17.6. The molecule has 1 aliphatic heterocycles. The third-order valence-electron chi connectivity index (χ3n) is 5.39. The number of benzene rings is 3. The van der Waals surface area contributed by atoms with E-state index in [9.17, 15) is 4.79 Å². The molecule has 2 amide bonds. The number of nitrogens with zero attached hydrogens (tertiary/aromatic N) is 1. The minimum atomic E-state index is -0.270. The number of fused-ring (bicyclic) bond motifs is 1. The van der Waals surface area contributed by atoms with Crippen molar-refractivity contribution in [1.82, 2.24) is 4.90 Å². The molecule has 1 aliphatic rings. The van der Waals surface area contributed by atoms with Crippen molar-refractivity contribution < 1.29 is 14.3 Å². The summed E-state index contributed by atoms with van der Waals surface area (Å²) in [6, 6.07) is 20.7. The molecule has 30 heavy (non-hydrogen) atoms. The summed E-state index contributed by atoms with van der Waals surface area (Å²) < 4.78 is 10.7. The van der Waals surface area contributed by atoms with Crippen LogP contribution in [0.1, 0.15) is 22.7 Å². The van der Waals surface area contributed by atoms with Gasteiger partial charge in [-0.2, -0.15) is 0 Å². The van der Waals surface area contributed by atoms with Gasteiger partial charge in [0.2, 0.25) is 0 Å². The Bertz CT molecular complexity index is 1070. The second-order valence-corrected chi connectivity index (χ2v) is 7.47. The zero-order chi connectivity index (χ0) is 21.1. The predicted molar refractivity (Wildman–Crippen MR) is 119 cm³/mol. The number of methoxy groups -OCH3 is 2. The lowest BCUT2D eigenvalue weighted by Crippen LogP contribution is -2.43. The zero-order valence-electron chi connectivity index (χ0n) is 16.9. The first-order valence-corrected chi connectivity index (χ1v) is 10.1. The molecular weight excluding hydrogens is 400 g/mol. The molecular formula is C24H23ClN2O3. The number of anilines is 1. The molecule has 3 aromatic carbocycles. The lowest BCUT2D eigenvalue weighted by Gasteiger charge is -2.38. The topological polar surface area (TPSA) is 50.8 Å². The number of hydrogen-bond acceptors (Lipinski definition) is 3. The lowest BCUT2D eigenvalue weighted by molar-refractivity contribution is 0.194. The van der Waals surface area contributed by atoms with Crippen molar-refractivity contribution >= 4 is 23.3 Å². The molecule has 0 saturated carbocycles. The fraction of sp³-hybridized carbons (Fsp3) is 0.208. The van der Waals surface area contributed by atoms with Crippen LogP contribution in [0.25, 0.3) is 0 Å². The number of carbonyl (C=O) groups excluding carboxylic acids is 1. The Morgan fingerprint density at radius 2 is 1.73 bits per heavy atom. The van der Waals surface area contributed by atoms with E-state index in [0.717, 1.165) is 17.5 Å². The summed E-state index contributed by atoms with van der Waals surface area (Å²) in [4.78, 5) is 15.2. The van der Waals surface area contributed by atoms with Crippen LogP contribution in [0.4, 0.5) is 10.5 Å². The first kappa shape index (κ1) is 20.1. The van der Waals surface area contributed by atoms with E-state index in [2.05, 4.69) is 17.4 Å². The molecule has 1 heterocycles. The largest absolute Gasteiger partial charge is 0.497 e. The number of nitrogens with one attached hydrogen (secondary N) is 1. The lowest BCUT2D eigenvalue weighted by atomic mass is 9.88. The van der Waals surface area contributed by atoms with E-state index >= 15 is 0 Å². The average Bonchev–Trinajstić information content (AvgIpc) is 2.79. The SMILES string of the molecule is COc1ccc(NC(=O)N2CCc3ccccc3[C@@H]2c2ccccc2Cl)c(OC)c1. The van der Waals surface area contributed by atoms with E-state index in [-0.39, 0.29) is 12.1 Å². The van der Waals surface area contributed by atoms with E-state index in [1.54, 1.807) is 32.4 Å². The molecule has 1 N–H and O–H groups in total. The van der Waals surface area contributed by atoms with Gasteiger partial charge in [-0.25, -0.2) is 4.79 Å². The molecule has 5 nitrogen and oxygen atoms in total. The molecule has 0 aliphatic carbocycles. The first-order chi connectivity index (χ1) is 14.6. The maximum Gasteiger partial charge on any atom is 0.322 e. The maximum atomic E-state index is 13.4. The Labute approximate surface area is 181 Å². The first-order valence-electron chi connectivity index (χ1n) is 9.74. The molecule has 0 saturated heterocycles. The Morgan fingerprint density at radius 3 is 2.47 bits per heavy atom. The highest BCUT2D eigenvalue weighted by Gasteiger charge is 2.33. The molecule has 0 spiro atoms. The van der Waals surface area contributed by atoms with Crippen LogP contribution in [0.5, 0.6) is 11.5 Å². The Kier molecular flexibility index (Phi) is 5.81. The predicted octanol–water partition coefficient (Wildman–Crippen LogP) is 5.54. The van der Waals surface area contributed by atoms with Gasteiger partial charge in [0, 0.05) is 17.6 Å². The molecule has 0 fully saturated rings. The third kappa shape index (κ3) is 3.81. The van der Waals surface area contributed by atoms with Crippen LogP contribution in [0, 0.1) is 0 Å². The van der Waals surface area contributed by atoms with E-state index in [0.29, 0.717) is 28.8 Å². The Morgan fingerprint density at radius 1 is 1.00 bits per heavy atom. The second kappa shape index (κ2) is 8.67. The standard InChI is InChI=1S/C24H23ClN2O3/c1-29-17-11-12-21(22(15-17)30-2)26-24(28)27-14-13-16-7-3-4-8-18(16)23(27)19-9-5-6-10-20(19)25/h3-12,15,23H,13-14H2,1-2H3,(H,26,28)/t23-/m1/s1. The van der Waals surface area contributed by atoms with Crippen LogP contribution in [-0.4, -0.2) is 31.7 Å². The fourth-order valence-corrected chi connectivity index (χ4v) is 4.15. The minimum Gasteiger partial charge on any atom is -0.497 e. The number of halogens is 1. The van der Waals surface area contributed by atoms with Gasteiger partial charge in [0.25, 0.3) is 0 Å². The summed E-state index contributed by atoms with van der Waals surface area (Å²) in [6.07, 6.45) is 0.782. The molecule has 0 aromatic heterocycles. The number of rotatable bonds is 4. The summed E-state index contributed by atoms with van der Waals surface area (Å²) in [5, 5.41) is 3.63. The van der Waals surface area contributed by atoms with Gasteiger partial charge in [0.1, 0.15) is 11.5 Å². The normalized spacial score (nSPS) is 15.3. The number of ether oxygens (including phenoxy) is 2. The van der Waals surface area contributed by atoms with Crippen LogP contribution in [0.2, 0.25) is 5.02 Å². The van der Waals surface area contributed by atoms with Gasteiger partial charge in [0.05, 0.1) is 25.9 Å². The Balaban J connectivity index is 1.70. The highest BCUT2D eigenvalue weighted by Crippen LogP contribution is 2.39. The van der Waals surface area contributed by atoms with Crippen molar-refractivity contribution in [2.24, 2.45) is 0 Å². The van der Waals surface area contributed by atoms with Crippen molar-refractivity contribution in [2.75, 3.05) is 26.1 Å². The highest BCUT2D eigenvalue weighted by molar-refractivity contribution is 6.31. The molecule has 0 unspecified atom stereocenters. The molecule has 154 valence electrons. The highest BCUT2D eigenvalue weighted by atomic mass is 35.5. The molecule has 0 bridgehead atoms. The van der Waals surface area contributed by atoms with Gasteiger partial charge in [0.15, 0.2) is 0 Å². The van der Waals surface area contributed by atoms with E-state index in [4.69, 9.17) is 21.1 Å². The van der Waals surface area contributed by atoms with E-state index in [1.807, 2.05) is 41.3 Å². The van der Waals surface area contributed by atoms with Crippen LogP contribution in [-0.2, 0) is 6.42 Å². The van der Waals surface area contributed by atoms with Crippen LogP contribution in [0.15, 0.2) is 66.7 Å². The Hall–Kier alpha value is -3.18. The van der Waals surface area contributed by atoms with Crippen LogP contribution in [0.3, 0.4) is 0 Å². The molecule has 1 atom stereocenters. The molecule has 3 aromatic rings. The summed E-state index contributed by atoms with van der Waals surface area (Å²) in [7, 11) is 3.15. The summed E-state index contributed by atoms with van der Waals surface area (Å²) in [6.45, 7) is 0.581. The second-order valence-electron chi connectivity index (χ2n) is 7.06. The maximum absolute atomic E-state index is 13.4. The van der Waals surface area contributed by atoms with Crippen molar-refractivity contribution in [3.8, 4) is 11.5 Å². The number of carbonyl (C=O) groups is 1. The summed E-state index contributed by atoms with van der Waals surface area (Å²) in [5.41, 5.74) is 3.81. The minimum absolute atomic E-state index is 0.210. The quantitative estimate of drug-likeness (QED) is 0.600. The van der Waals surface area contributed by atoms with Crippen molar-refractivity contribution in [1.29, 1.82) is 0 Å². The van der Waals surface area contributed by atoms with Crippen LogP contribution >= 0.6 is 11.6 Å². The molecule has 4 rings (SSSR count). The third-order valence-corrected chi connectivity index (χ3v) is 5.74. The van der Waals surface area contributed by atoms with Gasteiger partial charge in [-0.1, -0.05) is 54.1 Å². The number of urea groups is 1. The summed E-state index contributed by atoms with van der Waals surface area (Å²) >= 11 is 6.54. The van der Waals surface area contributed by atoms with Gasteiger partial charge in [-0.3, -0.25) is 0 Å². The van der Waals surface area contributed by atoms with E-state index < -0.39 is 0 Å². The van der Waals surface area contributed by atoms with Gasteiger partial charge in [-0.15, -0.1) is 0 Å².